The predicted octanol–water partition coefficient (Wildman–Crippen LogP) is -10.9. The van der Waals surface area contributed by atoms with E-state index in [-0.39, 0.29) is 19.5 Å². The maximum Gasteiger partial charge on any atom is 2.00 e. The van der Waals surface area contributed by atoms with Gasteiger partial charge >= 0.3 is 19.5 Å². The molecule has 16 nitrogen and oxygen atoms in total. The topological polar surface area (TPSA) is 323 Å². The Hall–Kier alpha value is -0.917. The Labute approximate surface area is 187 Å². The largest absolute Gasteiger partial charge is 2.00 e. The summed E-state index contributed by atoms with van der Waals surface area (Å²) >= 11 is 0. The summed E-state index contributed by atoms with van der Waals surface area (Å²) in [5.41, 5.74) is 0. The molecular weight excluding hydrogens is 490 g/mol. The van der Waals surface area contributed by atoms with Gasteiger partial charge in [0.05, 0.1) is 25.2 Å². The van der Waals surface area contributed by atoms with Gasteiger partial charge in [0.25, 0.3) is 0 Å². The van der Waals surface area contributed by atoms with Crippen LogP contribution in [0.1, 0.15) is 0 Å². The molecule has 0 aliphatic rings. The van der Waals surface area contributed by atoms with Crippen LogP contribution in [0, 0.1) is 0 Å². The first-order valence-electron chi connectivity index (χ1n) is 8.09. The Kier molecular flexibility index (Phi) is 18.7. The third-order valence-electron chi connectivity index (χ3n) is 3.69. The minimum absolute atomic E-state index is 0. The molecule has 0 aromatic rings. The molecule has 0 amide bonds. The molecule has 0 saturated carbocycles. The van der Waals surface area contributed by atoms with Gasteiger partial charge in [-0.15, -0.1) is 0 Å². The summed E-state index contributed by atoms with van der Waals surface area (Å²) in [6.45, 7) is -1.79. The molecule has 12 N–H and O–H groups in total. The molecule has 0 radical (unpaired) electrons. The van der Waals surface area contributed by atoms with E-state index >= 15 is 0 Å². The van der Waals surface area contributed by atoms with E-state index in [1.807, 2.05) is 0 Å². The Morgan fingerprint density at radius 2 is 0.742 bits per heavy atom. The number of carbonyl (C=O) groups excluding carboxylic acids is 2. The van der Waals surface area contributed by atoms with Crippen LogP contribution in [-0.2, 0) is 29.1 Å². The summed E-state index contributed by atoms with van der Waals surface area (Å²) in [5, 5.41) is 126. The maximum absolute atomic E-state index is 10.1. The molecule has 0 aromatic carbocycles. The van der Waals surface area contributed by atoms with E-state index in [0.717, 1.165) is 0 Å². The number of aliphatic hydroxyl groups is 12. The average Bonchev–Trinajstić information content (AvgIpc) is 2.73. The quantitative estimate of drug-likeness (QED) is 0.107. The van der Waals surface area contributed by atoms with Crippen LogP contribution in [0.3, 0.4) is 0 Å². The molecular formula is C14H26O16Zn. The minimum Gasteiger partial charge on any atom is -0.547 e. The molecule has 0 aliphatic carbocycles. The molecule has 0 spiro atoms. The zero-order valence-corrected chi connectivity index (χ0v) is 18.9. The van der Waals surface area contributed by atoms with Gasteiger partial charge in [0.1, 0.15) is 61.0 Å². The average molecular weight is 516 g/mol. The summed E-state index contributed by atoms with van der Waals surface area (Å²) in [6.07, 6.45) is -21.0. The van der Waals surface area contributed by atoms with Gasteiger partial charge in [0.2, 0.25) is 0 Å². The van der Waals surface area contributed by atoms with Crippen LogP contribution in [0.4, 0.5) is 0 Å². The van der Waals surface area contributed by atoms with Crippen molar-refractivity contribution in [2.45, 2.75) is 61.0 Å². The number of rotatable bonds is 12. The molecule has 31 heavy (non-hydrogen) atoms. The molecule has 0 heterocycles. The van der Waals surface area contributed by atoms with Crippen LogP contribution in [0.25, 0.3) is 0 Å². The molecule has 0 saturated heterocycles. The molecule has 0 aromatic heterocycles. The van der Waals surface area contributed by atoms with Gasteiger partial charge in [0, 0.05) is 0 Å². The second kappa shape index (κ2) is 16.7. The van der Waals surface area contributed by atoms with Crippen molar-refractivity contribution in [2.75, 3.05) is 13.2 Å². The molecule has 10 unspecified atom stereocenters. The Bertz CT molecular complexity index is 465. The van der Waals surface area contributed by atoms with Crippen LogP contribution >= 0.6 is 0 Å². The molecule has 0 fully saturated rings. The second-order valence-corrected chi connectivity index (χ2v) is 5.97. The van der Waals surface area contributed by atoms with Crippen LogP contribution in [0.15, 0.2) is 0 Å². The van der Waals surface area contributed by atoms with Crippen molar-refractivity contribution in [2.24, 2.45) is 0 Å². The van der Waals surface area contributed by atoms with Crippen LogP contribution in [0.2, 0.25) is 0 Å². The first kappa shape index (κ1) is 34.7. The van der Waals surface area contributed by atoms with E-state index in [4.69, 9.17) is 61.3 Å². The summed E-state index contributed by atoms with van der Waals surface area (Å²) in [5.74, 6) is -4.07. The SMILES string of the molecule is O=C([O-])C(O)C(O)C(O)C(O)C(O)CO.O=C([O-])C(O)C(O)C(O)C(O)C(O)CO.[Zn+2]. The van der Waals surface area contributed by atoms with E-state index < -0.39 is 86.2 Å². The Balaban J connectivity index is -0.000000490. The summed E-state index contributed by atoms with van der Waals surface area (Å²) in [6, 6.07) is 0. The van der Waals surface area contributed by atoms with Crippen LogP contribution < -0.4 is 10.2 Å². The zero-order chi connectivity index (χ0) is 24.3. The standard InChI is InChI=1S/2C7H14O8.Zn/c2*8-1-2(9)3(10)4(11)5(12)6(13)7(14)15;/h2*2-6,8-13H,1H2,(H,14,15);/q;;+2/p-2. The van der Waals surface area contributed by atoms with Crippen molar-refractivity contribution < 1.29 is 101 Å². The number of hydrogen-bond acceptors (Lipinski definition) is 16. The van der Waals surface area contributed by atoms with E-state index in [1.54, 1.807) is 0 Å². The number of carboxylic acid groups (broad SMARTS) is 2. The fraction of sp³-hybridized carbons (Fsp3) is 0.857. The molecule has 0 aliphatic heterocycles. The molecule has 17 heteroatoms. The van der Waals surface area contributed by atoms with E-state index in [1.165, 1.54) is 0 Å². The van der Waals surface area contributed by atoms with Crippen molar-refractivity contribution in [3.8, 4) is 0 Å². The van der Waals surface area contributed by atoms with Gasteiger partial charge < -0.3 is 81.1 Å². The normalized spacial score (nSPS) is 20.8. The predicted molar refractivity (Wildman–Crippen MR) is 84.3 cm³/mol. The number of carbonyl (C=O) groups is 2. The van der Waals surface area contributed by atoms with Crippen molar-refractivity contribution in [3.05, 3.63) is 0 Å². The van der Waals surface area contributed by atoms with Crippen molar-refractivity contribution in [1.82, 2.24) is 0 Å². The van der Waals surface area contributed by atoms with Crippen LogP contribution in [0.5, 0.6) is 0 Å². The minimum atomic E-state index is -2.40. The smallest absolute Gasteiger partial charge is 0.547 e. The third-order valence-corrected chi connectivity index (χ3v) is 3.69. The van der Waals surface area contributed by atoms with Crippen molar-refractivity contribution in [3.63, 3.8) is 0 Å². The molecule has 180 valence electrons. The first-order valence-corrected chi connectivity index (χ1v) is 8.09. The number of carboxylic acids is 2. The fourth-order valence-corrected chi connectivity index (χ4v) is 1.73. The first-order chi connectivity index (χ1) is 13.6. The maximum atomic E-state index is 10.1. The molecule has 10 atom stereocenters. The van der Waals surface area contributed by atoms with Crippen molar-refractivity contribution >= 4 is 11.9 Å². The van der Waals surface area contributed by atoms with Gasteiger partial charge in [-0.05, 0) is 0 Å². The van der Waals surface area contributed by atoms with Gasteiger partial charge in [-0.3, -0.25) is 0 Å². The third kappa shape index (κ3) is 11.5. The van der Waals surface area contributed by atoms with Crippen molar-refractivity contribution in [1.29, 1.82) is 0 Å². The molecule has 0 rings (SSSR count). The van der Waals surface area contributed by atoms with E-state index in [0.29, 0.717) is 0 Å². The van der Waals surface area contributed by atoms with E-state index in [9.17, 15) is 19.8 Å². The van der Waals surface area contributed by atoms with Gasteiger partial charge in [-0.25, -0.2) is 0 Å². The summed E-state index contributed by atoms with van der Waals surface area (Å²) in [4.78, 5) is 20.2. The monoisotopic (exact) mass is 514 g/mol. The summed E-state index contributed by atoms with van der Waals surface area (Å²) < 4.78 is 0. The Morgan fingerprint density at radius 1 is 0.516 bits per heavy atom. The number of hydrogen-bond donors (Lipinski definition) is 12. The number of aliphatic hydroxyl groups excluding tert-OH is 12. The number of aliphatic carboxylic acids is 2. The second-order valence-electron chi connectivity index (χ2n) is 5.97. The zero-order valence-electron chi connectivity index (χ0n) is 15.9. The van der Waals surface area contributed by atoms with Crippen LogP contribution in [-0.4, -0.2) is 147 Å². The van der Waals surface area contributed by atoms with Gasteiger partial charge in [-0.2, -0.15) is 0 Å². The van der Waals surface area contributed by atoms with Gasteiger partial charge in [-0.1, -0.05) is 0 Å². The fourth-order valence-electron chi connectivity index (χ4n) is 1.73. The van der Waals surface area contributed by atoms with Gasteiger partial charge in [0.15, 0.2) is 0 Å². The molecule has 0 bridgehead atoms. The Morgan fingerprint density at radius 3 is 0.903 bits per heavy atom. The van der Waals surface area contributed by atoms with E-state index in [2.05, 4.69) is 0 Å². The summed E-state index contributed by atoms with van der Waals surface area (Å²) in [7, 11) is 0.